The summed E-state index contributed by atoms with van der Waals surface area (Å²) in [6, 6.07) is 1.97. The number of hydrogen-bond donors (Lipinski definition) is 3. The third kappa shape index (κ3) is 4.23. The van der Waals surface area contributed by atoms with E-state index in [9.17, 15) is 23.5 Å². The number of aliphatic hydroxyl groups is 1. The lowest BCUT2D eigenvalue weighted by molar-refractivity contribution is -0.125. The Morgan fingerprint density at radius 3 is 2.81 bits per heavy atom. The molecule has 9 heteroatoms. The molecule has 2 amide bonds. The molecule has 1 heterocycles. The number of aromatic nitrogens is 1. The van der Waals surface area contributed by atoms with Crippen LogP contribution in [0.15, 0.2) is 29.1 Å². The number of benzene rings is 1. The van der Waals surface area contributed by atoms with Crippen LogP contribution in [-0.4, -0.2) is 34.1 Å². The van der Waals surface area contributed by atoms with E-state index in [0.717, 1.165) is 17.8 Å². The lowest BCUT2D eigenvalue weighted by Crippen LogP contribution is -2.40. The highest BCUT2D eigenvalue weighted by Gasteiger charge is 2.38. The minimum Gasteiger partial charge on any atom is -0.391 e. The number of aliphatic hydroxyl groups excluding tert-OH is 1. The van der Waals surface area contributed by atoms with Crippen LogP contribution in [0.4, 0.5) is 8.78 Å². The predicted octanol–water partition coefficient (Wildman–Crippen LogP) is 1.61. The third-order valence-electron chi connectivity index (χ3n) is 4.32. The fourth-order valence-electron chi connectivity index (χ4n) is 2.95. The first-order valence-electron chi connectivity index (χ1n) is 8.03. The maximum atomic E-state index is 13.7. The molecule has 26 heavy (non-hydrogen) atoms. The third-order valence-corrected chi connectivity index (χ3v) is 4.95. The van der Waals surface area contributed by atoms with Crippen molar-refractivity contribution in [3.05, 3.63) is 52.0 Å². The quantitative estimate of drug-likeness (QED) is 0.734. The topological polar surface area (TPSA) is 91.3 Å². The minimum atomic E-state index is -0.979. The highest BCUT2D eigenvalue weighted by Crippen LogP contribution is 2.27. The highest BCUT2D eigenvalue weighted by molar-refractivity contribution is 7.07. The lowest BCUT2D eigenvalue weighted by atomic mass is 10.1. The second-order valence-electron chi connectivity index (χ2n) is 6.14. The standard InChI is InChI=1S/C17H17F2N3O3S/c18-10-1-2-12(13(19)5-10)17(25)22-14-3-9(4-15(14)23)16(24)20-6-11-7-26-8-21-11/h1-2,5,7-9,14-15,23H,3-4,6H2,(H,20,24)(H,22,25)/t9-,14-,15-/m0/s1. The van der Waals surface area contributed by atoms with E-state index in [1.54, 1.807) is 5.51 Å². The van der Waals surface area contributed by atoms with Gasteiger partial charge in [-0.05, 0) is 25.0 Å². The molecule has 0 unspecified atom stereocenters. The zero-order valence-corrected chi connectivity index (χ0v) is 14.4. The second-order valence-corrected chi connectivity index (χ2v) is 6.86. The Morgan fingerprint density at radius 2 is 2.12 bits per heavy atom. The summed E-state index contributed by atoms with van der Waals surface area (Å²) in [4.78, 5) is 28.4. The molecule has 1 aliphatic rings. The molecule has 0 aliphatic heterocycles. The van der Waals surface area contributed by atoms with Gasteiger partial charge in [0.05, 0.1) is 35.5 Å². The van der Waals surface area contributed by atoms with E-state index >= 15 is 0 Å². The predicted molar refractivity (Wildman–Crippen MR) is 90.3 cm³/mol. The van der Waals surface area contributed by atoms with E-state index in [4.69, 9.17) is 0 Å². The van der Waals surface area contributed by atoms with Gasteiger partial charge in [0.2, 0.25) is 5.91 Å². The molecular weight excluding hydrogens is 364 g/mol. The summed E-state index contributed by atoms with van der Waals surface area (Å²) in [6.07, 6.45) is -0.490. The maximum Gasteiger partial charge on any atom is 0.254 e. The molecule has 1 aromatic heterocycles. The largest absolute Gasteiger partial charge is 0.391 e. The van der Waals surface area contributed by atoms with Crippen molar-refractivity contribution in [1.82, 2.24) is 15.6 Å². The summed E-state index contributed by atoms with van der Waals surface area (Å²) < 4.78 is 26.6. The molecule has 2 aromatic rings. The number of halogens is 2. The van der Waals surface area contributed by atoms with Crippen LogP contribution in [0.1, 0.15) is 28.9 Å². The zero-order chi connectivity index (χ0) is 18.7. The molecule has 0 bridgehead atoms. The first-order chi connectivity index (χ1) is 12.4. The van der Waals surface area contributed by atoms with Crippen LogP contribution >= 0.6 is 11.3 Å². The van der Waals surface area contributed by atoms with E-state index in [1.807, 2.05) is 5.38 Å². The zero-order valence-electron chi connectivity index (χ0n) is 13.6. The van der Waals surface area contributed by atoms with E-state index in [-0.39, 0.29) is 24.3 Å². The Hall–Kier alpha value is -2.39. The fraction of sp³-hybridized carbons (Fsp3) is 0.353. The van der Waals surface area contributed by atoms with Gasteiger partial charge in [0.1, 0.15) is 11.6 Å². The number of carbonyl (C=O) groups excluding carboxylic acids is 2. The summed E-state index contributed by atoms with van der Waals surface area (Å²) in [5.41, 5.74) is 2.11. The number of nitrogens with zero attached hydrogens (tertiary/aromatic N) is 1. The Bertz CT molecular complexity index is 801. The summed E-state index contributed by atoms with van der Waals surface area (Å²) in [7, 11) is 0. The van der Waals surface area contributed by atoms with Crippen molar-refractivity contribution in [3.8, 4) is 0 Å². The van der Waals surface area contributed by atoms with Crippen LogP contribution in [-0.2, 0) is 11.3 Å². The van der Waals surface area contributed by atoms with Crippen molar-refractivity contribution >= 4 is 23.2 Å². The Kier molecular flexibility index (Phi) is 5.58. The van der Waals surface area contributed by atoms with Crippen molar-refractivity contribution < 1.29 is 23.5 Å². The van der Waals surface area contributed by atoms with E-state index in [0.29, 0.717) is 12.6 Å². The first-order valence-corrected chi connectivity index (χ1v) is 8.97. The molecule has 3 atom stereocenters. The summed E-state index contributed by atoms with van der Waals surface area (Å²) in [5.74, 6) is -3.21. The molecular formula is C17H17F2N3O3S. The van der Waals surface area contributed by atoms with Crippen LogP contribution in [0.2, 0.25) is 0 Å². The van der Waals surface area contributed by atoms with Crippen LogP contribution < -0.4 is 10.6 Å². The van der Waals surface area contributed by atoms with Crippen molar-refractivity contribution in [2.75, 3.05) is 0 Å². The number of hydrogen-bond acceptors (Lipinski definition) is 5. The van der Waals surface area contributed by atoms with E-state index in [1.165, 1.54) is 11.3 Å². The molecule has 1 aliphatic carbocycles. The van der Waals surface area contributed by atoms with Gasteiger partial charge in [-0.15, -0.1) is 11.3 Å². The lowest BCUT2D eigenvalue weighted by Gasteiger charge is -2.16. The molecule has 0 saturated heterocycles. The minimum absolute atomic E-state index is 0.194. The van der Waals surface area contributed by atoms with Gasteiger partial charge in [-0.1, -0.05) is 0 Å². The van der Waals surface area contributed by atoms with Gasteiger partial charge in [0.25, 0.3) is 5.91 Å². The molecule has 6 nitrogen and oxygen atoms in total. The second kappa shape index (κ2) is 7.88. The molecule has 1 fully saturated rings. The molecule has 1 saturated carbocycles. The van der Waals surface area contributed by atoms with Gasteiger partial charge in [-0.2, -0.15) is 0 Å². The Balaban J connectivity index is 1.56. The van der Waals surface area contributed by atoms with Crippen molar-refractivity contribution in [2.45, 2.75) is 31.5 Å². The summed E-state index contributed by atoms with van der Waals surface area (Å²) in [6.45, 7) is 0.298. The summed E-state index contributed by atoms with van der Waals surface area (Å²) >= 11 is 1.43. The van der Waals surface area contributed by atoms with E-state index in [2.05, 4.69) is 15.6 Å². The highest BCUT2D eigenvalue weighted by atomic mass is 32.1. The van der Waals surface area contributed by atoms with E-state index < -0.39 is 35.6 Å². The van der Waals surface area contributed by atoms with Gasteiger partial charge in [-0.3, -0.25) is 9.59 Å². The van der Waals surface area contributed by atoms with Crippen LogP contribution in [0.5, 0.6) is 0 Å². The average Bonchev–Trinajstić information content (AvgIpc) is 3.23. The maximum absolute atomic E-state index is 13.7. The number of carbonyl (C=O) groups is 2. The first kappa shape index (κ1) is 18.4. The van der Waals surface area contributed by atoms with Crippen LogP contribution in [0.3, 0.4) is 0 Å². The normalized spacial score (nSPS) is 22.2. The van der Waals surface area contributed by atoms with Crippen molar-refractivity contribution in [2.24, 2.45) is 5.92 Å². The van der Waals surface area contributed by atoms with Gasteiger partial charge in [0, 0.05) is 17.4 Å². The van der Waals surface area contributed by atoms with Crippen molar-refractivity contribution in [1.29, 1.82) is 0 Å². The SMILES string of the molecule is O=C(N[C@H]1C[C@H](C(=O)NCc2cscn2)C[C@@H]1O)c1ccc(F)cc1F. The Labute approximate surface area is 152 Å². The van der Waals surface area contributed by atoms with Gasteiger partial charge in [-0.25, -0.2) is 13.8 Å². The molecule has 3 N–H and O–H groups in total. The molecule has 138 valence electrons. The van der Waals surface area contributed by atoms with Crippen molar-refractivity contribution in [3.63, 3.8) is 0 Å². The number of thiazole rings is 1. The van der Waals surface area contributed by atoms with Gasteiger partial charge < -0.3 is 15.7 Å². The van der Waals surface area contributed by atoms with Crippen LogP contribution in [0, 0.1) is 17.6 Å². The molecule has 0 radical (unpaired) electrons. The molecule has 1 aromatic carbocycles. The molecule has 3 rings (SSSR count). The monoisotopic (exact) mass is 381 g/mol. The van der Waals surface area contributed by atoms with Crippen LogP contribution in [0.25, 0.3) is 0 Å². The van der Waals surface area contributed by atoms with Gasteiger partial charge in [0.15, 0.2) is 0 Å². The average molecular weight is 381 g/mol. The Morgan fingerprint density at radius 1 is 1.31 bits per heavy atom. The fourth-order valence-corrected chi connectivity index (χ4v) is 3.51. The van der Waals surface area contributed by atoms with Gasteiger partial charge >= 0.3 is 0 Å². The summed E-state index contributed by atoms with van der Waals surface area (Å²) in [5, 5.41) is 17.2. The number of amides is 2. The smallest absolute Gasteiger partial charge is 0.254 e. The number of rotatable bonds is 5. The number of nitrogens with one attached hydrogen (secondary N) is 2. The molecule has 0 spiro atoms.